The monoisotopic (exact) mass is 175 g/mol. The zero-order valence-electron chi connectivity index (χ0n) is 5.94. The van der Waals surface area contributed by atoms with Crippen molar-refractivity contribution in [3.05, 3.63) is 28.9 Å². The average molecular weight is 175 g/mol. The van der Waals surface area contributed by atoms with Crippen LogP contribution < -0.4 is 0 Å². The Morgan fingerprint density at radius 2 is 1.90 bits per heavy atom. The predicted molar refractivity (Wildman–Crippen MR) is 36.7 cm³/mol. The SMILES string of the molecule is CC1=C(C)C(=C=O)C=C1.[Mn]. The van der Waals surface area contributed by atoms with Crippen molar-refractivity contribution >= 4 is 5.94 Å². The maximum Gasteiger partial charge on any atom is 0.132 e. The summed E-state index contributed by atoms with van der Waals surface area (Å²) >= 11 is 0. The van der Waals surface area contributed by atoms with Gasteiger partial charge in [-0.2, -0.15) is 0 Å². The van der Waals surface area contributed by atoms with Gasteiger partial charge in [0.15, 0.2) is 0 Å². The Kier molecular flexibility index (Phi) is 3.38. The second-order valence-electron chi connectivity index (χ2n) is 2.16. The number of rotatable bonds is 0. The van der Waals surface area contributed by atoms with Crippen molar-refractivity contribution in [1.82, 2.24) is 0 Å². The Labute approximate surface area is 71.0 Å². The summed E-state index contributed by atoms with van der Waals surface area (Å²) in [6.07, 6.45) is 3.72. The van der Waals surface area contributed by atoms with Crippen molar-refractivity contribution in [1.29, 1.82) is 0 Å². The minimum Gasteiger partial charge on any atom is -0.233 e. The summed E-state index contributed by atoms with van der Waals surface area (Å²) in [5.41, 5.74) is 2.89. The Bertz CT molecular complexity index is 242. The third-order valence-corrected chi connectivity index (χ3v) is 1.61. The molecule has 1 aliphatic carbocycles. The second kappa shape index (κ2) is 3.58. The van der Waals surface area contributed by atoms with Gasteiger partial charge in [-0.05, 0) is 31.1 Å². The van der Waals surface area contributed by atoms with E-state index in [-0.39, 0.29) is 17.1 Å². The molecule has 0 aromatic heterocycles. The van der Waals surface area contributed by atoms with Gasteiger partial charge in [0.05, 0.1) is 5.57 Å². The summed E-state index contributed by atoms with van der Waals surface area (Å²) in [6, 6.07) is 0. The molecule has 0 aliphatic heterocycles. The van der Waals surface area contributed by atoms with E-state index in [1.807, 2.05) is 25.9 Å². The van der Waals surface area contributed by atoms with E-state index in [1.165, 1.54) is 0 Å². The standard InChI is InChI=1S/C8H8O.Mn/c1-6-3-4-8(5-9)7(6)2;/h3-4H,1-2H3;. The first-order chi connectivity index (χ1) is 4.25. The van der Waals surface area contributed by atoms with Gasteiger partial charge < -0.3 is 0 Å². The molecule has 1 radical (unpaired) electrons. The molecule has 0 unspecified atom stereocenters. The molecule has 1 nitrogen and oxygen atoms in total. The number of carbonyl (C=O) groups excluding carboxylic acids is 1. The molecule has 0 saturated heterocycles. The summed E-state index contributed by atoms with van der Waals surface area (Å²) in [7, 11) is 0. The van der Waals surface area contributed by atoms with E-state index in [0.717, 1.165) is 11.1 Å². The van der Waals surface area contributed by atoms with Gasteiger partial charge in [0, 0.05) is 17.1 Å². The van der Waals surface area contributed by atoms with Crippen LogP contribution in [0.25, 0.3) is 0 Å². The van der Waals surface area contributed by atoms with Crippen molar-refractivity contribution in [3.63, 3.8) is 0 Å². The fraction of sp³-hybridized carbons (Fsp3) is 0.250. The van der Waals surface area contributed by atoms with Crippen LogP contribution >= 0.6 is 0 Å². The molecule has 0 aromatic rings. The molecule has 0 atom stereocenters. The van der Waals surface area contributed by atoms with Gasteiger partial charge in [0.25, 0.3) is 0 Å². The summed E-state index contributed by atoms with van der Waals surface area (Å²) in [5.74, 6) is 1.87. The van der Waals surface area contributed by atoms with E-state index in [0.29, 0.717) is 5.57 Å². The normalized spacial score (nSPS) is 15.2. The first-order valence-corrected chi connectivity index (χ1v) is 2.86. The number of hydrogen-bond acceptors (Lipinski definition) is 1. The van der Waals surface area contributed by atoms with Gasteiger partial charge in [-0.1, -0.05) is 6.08 Å². The molecule has 0 spiro atoms. The quantitative estimate of drug-likeness (QED) is 0.404. The van der Waals surface area contributed by atoms with E-state index in [2.05, 4.69) is 0 Å². The summed E-state index contributed by atoms with van der Waals surface area (Å²) in [5, 5.41) is 0. The third-order valence-electron chi connectivity index (χ3n) is 1.61. The van der Waals surface area contributed by atoms with Gasteiger partial charge in [0.1, 0.15) is 5.94 Å². The topological polar surface area (TPSA) is 17.1 Å². The smallest absolute Gasteiger partial charge is 0.132 e. The van der Waals surface area contributed by atoms with Crippen molar-refractivity contribution < 1.29 is 21.9 Å². The minimum atomic E-state index is 0. The molecule has 1 rings (SSSR count). The van der Waals surface area contributed by atoms with Crippen LogP contribution in [0.5, 0.6) is 0 Å². The molecule has 10 heavy (non-hydrogen) atoms. The first-order valence-electron chi connectivity index (χ1n) is 2.86. The molecule has 2 heteroatoms. The molecule has 0 saturated carbocycles. The molecule has 0 heterocycles. The predicted octanol–water partition coefficient (Wildman–Crippen LogP) is 1.65. The average Bonchev–Trinajstić information content (AvgIpc) is 2.15. The van der Waals surface area contributed by atoms with Crippen LogP contribution in [0, 0.1) is 0 Å². The van der Waals surface area contributed by atoms with Crippen molar-refractivity contribution in [3.8, 4) is 0 Å². The summed E-state index contributed by atoms with van der Waals surface area (Å²) < 4.78 is 0. The van der Waals surface area contributed by atoms with Crippen molar-refractivity contribution in [2.75, 3.05) is 0 Å². The van der Waals surface area contributed by atoms with E-state index in [9.17, 15) is 4.79 Å². The third kappa shape index (κ3) is 1.48. The van der Waals surface area contributed by atoms with E-state index in [1.54, 1.807) is 6.08 Å². The molecular formula is C8H8MnO. The van der Waals surface area contributed by atoms with E-state index < -0.39 is 0 Å². The number of allylic oxidation sites excluding steroid dienone is 5. The van der Waals surface area contributed by atoms with Crippen LogP contribution in [0.2, 0.25) is 0 Å². The fourth-order valence-electron chi connectivity index (χ4n) is 0.781. The van der Waals surface area contributed by atoms with Crippen LogP contribution in [0.3, 0.4) is 0 Å². The van der Waals surface area contributed by atoms with Gasteiger partial charge >= 0.3 is 0 Å². The van der Waals surface area contributed by atoms with Crippen LogP contribution in [0.4, 0.5) is 0 Å². The van der Waals surface area contributed by atoms with Gasteiger partial charge in [-0.25, -0.2) is 4.79 Å². The van der Waals surface area contributed by atoms with Crippen LogP contribution in [0.15, 0.2) is 28.9 Å². The van der Waals surface area contributed by atoms with E-state index >= 15 is 0 Å². The minimum absolute atomic E-state index is 0. The Morgan fingerprint density at radius 1 is 1.30 bits per heavy atom. The largest absolute Gasteiger partial charge is 0.233 e. The first kappa shape index (κ1) is 9.45. The fourth-order valence-corrected chi connectivity index (χ4v) is 0.781. The molecule has 0 fully saturated rings. The molecule has 53 valence electrons. The summed E-state index contributed by atoms with van der Waals surface area (Å²) in [6.45, 7) is 3.91. The van der Waals surface area contributed by atoms with Gasteiger partial charge in [-0.15, -0.1) is 0 Å². The van der Waals surface area contributed by atoms with Crippen LogP contribution in [-0.4, -0.2) is 5.94 Å². The molecule has 1 aliphatic rings. The maximum absolute atomic E-state index is 10.1. The molecule has 0 N–H and O–H groups in total. The summed E-state index contributed by atoms with van der Waals surface area (Å²) in [4.78, 5) is 10.1. The van der Waals surface area contributed by atoms with Crippen molar-refractivity contribution in [2.45, 2.75) is 13.8 Å². The second-order valence-corrected chi connectivity index (χ2v) is 2.16. The molecule has 0 aromatic carbocycles. The molecular weight excluding hydrogens is 167 g/mol. The maximum atomic E-state index is 10.1. The van der Waals surface area contributed by atoms with Crippen molar-refractivity contribution in [2.24, 2.45) is 0 Å². The van der Waals surface area contributed by atoms with Crippen LogP contribution in [0.1, 0.15) is 13.8 Å². The Morgan fingerprint density at radius 3 is 2.10 bits per heavy atom. The number of hydrogen-bond donors (Lipinski definition) is 0. The van der Waals surface area contributed by atoms with Crippen LogP contribution in [-0.2, 0) is 21.9 Å². The zero-order chi connectivity index (χ0) is 6.85. The Balaban J connectivity index is 0.000000810. The van der Waals surface area contributed by atoms with Gasteiger partial charge in [-0.3, -0.25) is 0 Å². The van der Waals surface area contributed by atoms with Gasteiger partial charge in [0.2, 0.25) is 0 Å². The Hall–Kier alpha value is -0.551. The molecule has 0 amide bonds. The van der Waals surface area contributed by atoms with E-state index in [4.69, 9.17) is 0 Å². The zero-order valence-corrected chi connectivity index (χ0v) is 7.12. The molecule has 0 bridgehead atoms.